The number of nitrogens with zero attached hydrogens (tertiary/aromatic N) is 2. The second kappa shape index (κ2) is 11.7. The predicted molar refractivity (Wildman–Crippen MR) is 137 cm³/mol. The van der Waals surface area contributed by atoms with Gasteiger partial charge in [0.05, 0.1) is 20.3 Å². The van der Waals surface area contributed by atoms with E-state index in [1.807, 2.05) is 47.4 Å². The van der Waals surface area contributed by atoms with E-state index in [9.17, 15) is 4.79 Å². The third-order valence-corrected chi connectivity index (χ3v) is 6.58. The SMILES string of the molecule is COc1ccc(CNC(=O)N2CCN([C@H](c3ccccc3)[C@@H](N)c3ccccc3)CC2)c(OC)c1. The van der Waals surface area contributed by atoms with Gasteiger partial charge in [0.15, 0.2) is 0 Å². The number of rotatable bonds is 8. The maximum absolute atomic E-state index is 12.9. The van der Waals surface area contributed by atoms with Gasteiger partial charge in [0.1, 0.15) is 11.5 Å². The van der Waals surface area contributed by atoms with Gasteiger partial charge in [-0.25, -0.2) is 4.79 Å². The van der Waals surface area contributed by atoms with Crippen LogP contribution < -0.4 is 20.5 Å². The van der Waals surface area contributed by atoms with Crippen LogP contribution in [0.1, 0.15) is 28.8 Å². The number of hydrogen-bond acceptors (Lipinski definition) is 5. The monoisotopic (exact) mass is 474 g/mol. The van der Waals surface area contributed by atoms with Crippen LogP contribution in [0.5, 0.6) is 11.5 Å². The molecular formula is C28H34N4O3. The molecule has 7 heteroatoms. The molecule has 184 valence electrons. The molecule has 3 aromatic carbocycles. The van der Waals surface area contributed by atoms with Gasteiger partial charge in [-0.3, -0.25) is 4.90 Å². The fourth-order valence-corrected chi connectivity index (χ4v) is 4.64. The highest BCUT2D eigenvalue weighted by atomic mass is 16.5. The van der Waals surface area contributed by atoms with Gasteiger partial charge in [-0.05, 0) is 23.3 Å². The molecule has 1 fully saturated rings. The number of amides is 2. The Hall–Kier alpha value is -3.55. The summed E-state index contributed by atoms with van der Waals surface area (Å²) in [6.07, 6.45) is 0. The summed E-state index contributed by atoms with van der Waals surface area (Å²) in [7, 11) is 3.23. The lowest BCUT2D eigenvalue weighted by molar-refractivity contribution is 0.0961. The van der Waals surface area contributed by atoms with Crippen molar-refractivity contribution in [2.75, 3.05) is 40.4 Å². The topological polar surface area (TPSA) is 80.1 Å². The molecule has 2 amide bonds. The molecule has 7 nitrogen and oxygen atoms in total. The van der Waals surface area contributed by atoms with Crippen molar-refractivity contribution in [1.29, 1.82) is 0 Å². The fraction of sp³-hybridized carbons (Fsp3) is 0.321. The fourth-order valence-electron chi connectivity index (χ4n) is 4.64. The smallest absolute Gasteiger partial charge is 0.317 e. The molecule has 0 saturated carbocycles. The zero-order valence-electron chi connectivity index (χ0n) is 20.4. The molecule has 0 aliphatic carbocycles. The van der Waals surface area contributed by atoms with Crippen LogP contribution in [0, 0.1) is 0 Å². The molecule has 0 unspecified atom stereocenters. The van der Waals surface area contributed by atoms with Crippen LogP contribution in [-0.4, -0.2) is 56.2 Å². The van der Waals surface area contributed by atoms with Gasteiger partial charge in [-0.2, -0.15) is 0 Å². The number of urea groups is 1. The van der Waals surface area contributed by atoms with Crippen molar-refractivity contribution in [3.63, 3.8) is 0 Å². The summed E-state index contributed by atoms with van der Waals surface area (Å²) in [4.78, 5) is 17.2. The van der Waals surface area contributed by atoms with Crippen molar-refractivity contribution in [3.05, 3.63) is 95.6 Å². The second-order valence-electron chi connectivity index (χ2n) is 8.65. The quantitative estimate of drug-likeness (QED) is 0.516. The summed E-state index contributed by atoms with van der Waals surface area (Å²) in [5.41, 5.74) is 10.00. The molecule has 0 radical (unpaired) electrons. The van der Waals surface area contributed by atoms with Gasteiger partial charge >= 0.3 is 6.03 Å². The van der Waals surface area contributed by atoms with Gasteiger partial charge in [-0.1, -0.05) is 60.7 Å². The number of carbonyl (C=O) groups is 1. The van der Waals surface area contributed by atoms with Gasteiger partial charge in [0, 0.05) is 50.4 Å². The van der Waals surface area contributed by atoms with Crippen LogP contribution in [0.3, 0.4) is 0 Å². The van der Waals surface area contributed by atoms with Crippen molar-refractivity contribution in [2.24, 2.45) is 5.73 Å². The maximum atomic E-state index is 12.9. The highest BCUT2D eigenvalue weighted by Crippen LogP contribution is 2.33. The molecule has 1 heterocycles. The number of benzene rings is 3. The Kier molecular flexibility index (Phi) is 8.23. The molecule has 3 N–H and O–H groups in total. The number of nitrogens with two attached hydrogens (primary N) is 1. The lowest BCUT2D eigenvalue weighted by atomic mass is 9.92. The first-order valence-corrected chi connectivity index (χ1v) is 11.9. The first-order chi connectivity index (χ1) is 17.1. The van der Waals surface area contributed by atoms with Crippen molar-refractivity contribution in [1.82, 2.24) is 15.1 Å². The molecule has 4 rings (SSSR count). The lowest BCUT2D eigenvalue weighted by Crippen LogP contribution is -2.53. The van der Waals surface area contributed by atoms with Gasteiger partial charge < -0.3 is 25.4 Å². The minimum absolute atomic E-state index is 0.0346. The second-order valence-corrected chi connectivity index (χ2v) is 8.65. The standard InChI is InChI=1S/C28H34N4O3/c1-34-24-14-13-23(25(19-24)35-2)20-30-28(33)32-17-15-31(16-18-32)27(22-11-7-4-8-12-22)26(29)21-9-5-3-6-10-21/h3-14,19,26-27H,15-18,20,29H2,1-2H3,(H,30,33)/t26-,27+/m0/s1. The average molecular weight is 475 g/mol. The summed E-state index contributed by atoms with van der Waals surface area (Å²) >= 11 is 0. The Labute approximate surface area is 207 Å². The van der Waals surface area contributed by atoms with Crippen LogP contribution >= 0.6 is 0 Å². The normalized spacial score (nSPS) is 15.8. The van der Waals surface area contributed by atoms with Crippen LogP contribution in [0.15, 0.2) is 78.9 Å². The van der Waals surface area contributed by atoms with Crippen LogP contribution in [0.25, 0.3) is 0 Å². The van der Waals surface area contributed by atoms with E-state index in [4.69, 9.17) is 15.2 Å². The molecule has 0 spiro atoms. The summed E-state index contributed by atoms with van der Waals surface area (Å²) in [5, 5.41) is 3.03. The van der Waals surface area contributed by atoms with E-state index >= 15 is 0 Å². The Morgan fingerprint density at radius 3 is 2.11 bits per heavy atom. The van der Waals surface area contributed by atoms with Gasteiger partial charge in [0.25, 0.3) is 0 Å². The minimum Gasteiger partial charge on any atom is -0.497 e. The number of hydrogen-bond donors (Lipinski definition) is 2. The number of ether oxygens (including phenoxy) is 2. The van der Waals surface area contributed by atoms with E-state index in [-0.39, 0.29) is 18.1 Å². The summed E-state index contributed by atoms with van der Waals surface area (Å²) in [5.74, 6) is 1.41. The molecule has 35 heavy (non-hydrogen) atoms. The molecule has 1 aliphatic rings. The van der Waals surface area contributed by atoms with Crippen LogP contribution in [-0.2, 0) is 6.54 Å². The van der Waals surface area contributed by atoms with Crippen molar-refractivity contribution < 1.29 is 14.3 Å². The first kappa shape index (κ1) is 24.6. The molecule has 3 aromatic rings. The Morgan fingerprint density at radius 1 is 0.886 bits per heavy atom. The molecule has 1 aliphatic heterocycles. The number of methoxy groups -OCH3 is 2. The minimum atomic E-state index is -0.165. The zero-order chi connectivity index (χ0) is 24.6. The van der Waals surface area contributed by atoms with Crippen molar-refractivity contribution in [2.45, 2.75) is 18.6 Å². The zero-order valence-corrected chi connectivity index (χ0v) is 20.4. The van der Waals surface area contributed by atoms with E-state index in [0.717, 1.165) is 30.0 Å². The van der Waals surface area contributed by atoms with Gasteiger partial charge in [0.2, 0.25) is 0 Å². The van der Waals surface area contributed by atoms with Crippen molar-refractivity contribution in [3.8, 4) is 11.5 Å². The maximum Gasteiger partial charge on any atom is 0.317 e. The van der Waals surface area contributed by atoms with E-state index in [1.165, 1.54) is 5.56 Å². The highest BCUT2D eigenvalue weighted by molar-refractivity contribution is 5.74. The molecule has 1 saturated heterocycles. The molecule has 0 bridgehead atoms. The van der Waals surface area contributed by atoms with Crippen LogP contribution in [0.4, 0.5) is 4.79 Å². The average Bonchev–Trinajstić information content (AvgIpc) is 2.93. The molecular weight excluding hydrogens is 440 g/mol. The van der Waals surface area contributed by atoms with E-state index in [2.05, 4.69) is 46.6 Å². The molecule has 2 atom stereocenters. The highest BCUT2D eigenvalue weighted by Gasteiger charge is 2.31. The Balaban J connectivity index is 1.39. The van der Waals surface area contributed by atoms with E-state index in [0.29, 0.717) is 25.4 Å². The summed E-state index contributed by atoms with van der Waals surface area (Å²) in [6.45, 7) is 3.16. The van der Waals surface area contributed by atoms with Crippen molar-refractivity contribution >= 4 is 6.03 Å². The predicted octanol–water partition coefficient (Wildman–Crippen LogP) is 3.97. The van der Waals surface area contributed by atoms with Gasteiger partial charge in [-0.15, -0.1) is 0 Å². The summed E-state index contributed by atoms with van der Waals surface area (Å²) in [6, 6.07) is 26.0. The number of piperazine rings is 1. The van der Waals surface area contributed by atoms with E-state index in [1.54, 1.807) is 14.2 Å². The third-order valence-electron chi connectivity index (χ3n) is 6.58. The van der Waals surface area contributed by atoms with E-state index < -0.39 is 0 Å². The Bertz CT molecular complexity index is 1090. The summed E-state index contributed by atoms with van der Waals surface area (Å²) < 4.78 is 10.7. The first-order valence-electron chi connectivity index (χ1n) is 11.9. The lowest BCUT2D eigenvalue weighted by Gasteiger charge is -2.41. The third kappa shape index (κ3) is 5.93. The number of carbonyl (C=O) groups excluding carboxylic acids is 1. The Morgan fingerprint density at radius 2 is 1.51 bits per heavy atom. The number of nitrogens with one attached hydrogen (secondary N) is 1. The molecule has 0 aromatic heterocycles. The van der Waals surface area contributed by atoms with Crippen LogP contribution in [0.2, 0.25) is 0 Å². The largest absolute Gasteiger partial charge is 0.497 e.